The molecule has 40 heavy (non-hydrogen) atoms. The van der Waals surface area contributed by atoms with Gasteiger partial charge in [0, 0.05) is 19.6 Å². The summed E-state index contributed by atoms with van der Waals surface area (Å²) in [6.07, 6.45) is 1.96. The van der Waals surface area contributed by atoms with Crippen LogP contribution in [-0.4, -0.2) is 95.0 Å². The van der Waals surface area contributed by atoms with Gasteiger partial charge in [-0.15, -0.1) is 10.2 Å². The summed E-state index contributed by atoms with van der Waals surface area (Å²) < 4.78 is 2.17. The molecule has 4 rings (SSSR count). The van der Waals surface area contributed by atoms with E-state index in [9.17, 15) is 9.90 Å². The Labute approximate surface area is 236 Å². The molecule has 0 amide bonds. The van der Waals surface area contributed by atoms with Crippen molar-refractivity contribution >= 4 is 28.6 Å². The Balaban J connectivity index is 1.63. The Bertz CT molecular complexity index is 1430. The number of benzene rings is 2. The minimum absolute atomic E-state index is 0.292. The number of aryl methyl sites for hydroxylation is 1. The standard InChI is InChI=1S/C30H40N8O2/c1-21-33-26-27(29(32-17-9-19-37(4)5)35-34-28(26)31-16-8-18-36(2)3)38(21)20-22-12-14-23(15-13-22)24-10-6-7-11-25(24)30(39)40/h6-7,10-15H,8-9,16-20H2,1-5H3,(H,31,34)(H,32,35)(H,39,40). The zero-order valence-electron chi connectivity index (χ0n) is 24.1. The van der Waals surface area contributed by atoms with Crippen molar-refractivity contribution in [1.29, 1.82) is 0 Å². The van der Waals surface area contributed by atoms with Gasteiger partial charge in [-0.1, -0.05) is 42.5 Å². The second-order valence-electron chi connectivity index (χ2n) is 10.6. The van der Waals surface area contributed by atoms with E-state index in [1.807, 2.05) is 43.3 Å². The maximum Gasteiger partial charge on any atom is 0.336 e. The molecule has 0 radical (unpaired) electrons. The van der Waals surface area contributed by atoms with Gasteiger partial charge in [0.15, 0.2) is 11.6 Å². The quantitative estimate of drug-likeness (QED) is 0.200. The molecule has 0 aliphatic carbocycles. The maximum absolute atomic E-state index is 11.7. The molecule has 0 fully saturated rings. The SMILES string of the molecule is Cc1nc2c(NCCCN(C)C)nnc(NCCCN(C)C)c2n1Cc1ccc(-c2ccccc2C(=O)O)cc1. The van der Waals surface area contributed by atoms with Crippen LogP contribution in [0.1, 0.15) is 34.6 Å². The molecule has 0 bridgehead atoms. The van der Waals surface area contributed by atoms with Crippen molar-refractivity contribution in [3.63, 3.8) is 0 Å². The van der Waals surface area contributed by atoms with Gasteiger partial charge >= 0.3 is 5.97 Å². The van der Waals surface area contributed by atoms with Crippen molar-refractivity contribution in [3.05, 3.63) is 65.5 Å². The normalized spacial score (nSPS) is 11.5. The Kier molecular flexibility index (Phi) is 9.68. The van der Waals surface area contributed by atoms with Gasteiger partial charge in [-0.3, -0.25) is 0 Å². The first kappa shape index (κ1) is 29.0. The Hall–Kier alpha value is -4.02. The van der Waals surface area contributed by atoms with Crippen molar-refractivity contribution in [3.8, 4) is 11.1 Å². The van der Waals surface area contributed by atoms with Gasteiger partial charge in [0.05, 0.1) is 5.56 Å². The highest BCUT2D eigenvalue weighted by atomic mass is 16.4. The minimum Gasteiger partial charge on any atom is -0.478 e. The molecular weight excluding hydrogens is 504 g/mol. The zero-order valence-corrected chi connectivity index (χ0v) is 24.1. The molecular formula is C30H40N8O2. The molecule has 2 heterocycles. The number of nitrogens with one attached hydrogen (secondary N) is 2. The van der Waals surface area contributed by atoms with Gasteiger partial charge in [0.1, 0.15) is 16.9 Å². The summed E-state index contributed by atoms with van der Waals surface area (Å²) in [5.74, 6) is 1.35. The maximum atomic E-state index is 11.7. The molecule has 4 aromatic rings. The van der Waals surface area contributed by atoms with Crippen molar-refractivity contribution in [2.24, 2.45) is 0 Å². The molecule has 0 spiro atoms. The Morgan fingerprint density at radius 1 is 0.875 bits per heavy atom. The molecule has 0 saturated heterocycles. The number of rotatable bonds is 14. The third-order valence-corrected chi connectivity index (χ3v) is 6.77. The predicted octanol–water partition coefficient (Wildman–Crippen LogP) is 4.28. The lowest BCUT2D eigenvalue weighted by Gasteiger charge is -2.14. The van der Waals surface area contributed by atoms with Crippen LogP contribution in [0.2, 0.25) is 0 Å². The fraction of sp³-hybridized carbons (Fsp3) is 0.400. The van der Waals surface area contributed by atoms with Crippen LogP contribution in [0.25, 0.3) is 22.2 Å². The number of hydrogen-bond donors (Lipinski definition) is 3. The summed E-state index contributed by atoms with van der Waals surface area (Å²) >= 11 is 0. The zero-order chi connectivity index (χ0) is 28.6. The van der Waals surface area contributed by atoms with E-state index < -0.39 is 5.97 Å². The summed E-state index contributed by atoms with van der Waals surface area (Å²) in [4.78, 5) is 20.9. The number of carboxylic acid groups (broad SMARTS) is 1. The molecule has 0 unspecified atom stereocenters. The fourth-order valence-corrected chi connectivity index (χ4v) is 4.69. The Morgan fingerprint density at radius 3 is 2.10 bits per heavy atom. The summed E-state index contributed by atoms with van der Waals surface area (Å²) in [6, 6.07) is 15.1. The molecule has 2 aromatic carbocycles. The van der Waals surface area contributed by atoms with Crippen molar-refractivity contribution < 1.29 is 9.90 Å². The number of nitrogens with zero attached hydrogens (tertiary/aromatic N) is 6. The highest BCUT2D eigenvalue weighted by molar-refractivity contribution is 5.96. The average Bonchev–Trinajstić information content (AvgIpc) is 3.26. The van der Waals surface area contributed by atoms with Crippen LogP contribution >= 0.6 is 0 Å². The number of carboxylic acids is 1. The van der Waals surface area contributed by atoms with Gasteiger partial charge in [-0.2, -0.15) is 0 Å². The lowest BCUT2D eigenvalue weighted by Crippen LogP contribution is -2.18. The molecule has 3 N–H and O–H groups in total. The van der Waals surface area contributed by atoms with Crippen LogP contribution in [0, 0.1) is 6.92 Å². The monoisotopic (exact) mass is 544 g/mol. The topological polar surface area (TPSA) is 111 Å². The van der Waals surface area contributed by atoms with E-state index in [1.54, 1.807) is 12.1 Å². The number of anilines is 2. The second kappa shape index (κ2) is 13.4. The van der Waals surface area contributed by atoms with Gasteiger partial charge in [-0.25, -0.2) is 9.78 Å². The van der Waals surface area contributed by atoms with Crippen molar-refractivity contribution in [1.82, 2.24) is 29.5 Å². The van der Waals surface area contributed by atoms with Crippen LogP contribution in [0.15, 0.2) is 48.5 Å². The number of aromatic nitrogens is 4. The largest absolute Gasteiger partial charge is 0.478 e. The van der Waals surface area contributed by atoms with E-state index in [-0.39, 0.29) is 0 Å². The number of imidazole rings is 1. The number of fused-ring (bicyclic) bond motifs is 1. The molecule has 0 saturated carbocycles. The van der Waals surface area contributed by atoms with Crippen LogP contribution in [0.3, 0.4) is 0 Å². The van der Waals surface area contributed by atoms with Crippen LogP contribution in [0.5, 0.6) is 0 Å². The van der Waals surface area contributed by atoms with Gasteiger partial charge in [0.2, 0.25) is 0 Å². The van der Waals surface area contributed by atoms with Gasteiger partial charge in [-0.05, 0) is 83.8 Å². The first-order valence-electron chi connectivity index (χ1n) is 13.7. The third-order valence-electron chi connectivity index (χ3n) is 6.77. The van der Waals surface area contributed by atoms with Gasteiger partial charge < -0.3 is 30.1 Å². The molecule has 212 valence electrons. The molecule has 10 heteroatoms. The van der Waals surface area contributed by atoms with E-state index in [0.29, 0.717) is 23.5 Å². The summed E-state index contributed by atoms with van der Waals surface area (Å²) in [6.45, 7) is 6.12. The van der Waals surface area contributed by atoms with Crippen molar-refractivity contribution in [2.45, 2.75) is 26.3 Å². The molecule has 10 nitrogen and oxygen atoms in total. The summed E-state index contributed by atoms with van der Waals surface area (Å²) in [5.41, 5.74) is 4.67. The third kappa shape index (κ3) is 7.13. The van der Waals surface area contributed by atoms with Crippen LogP contribution in [0.4, 0.5) is 11.6 Å². The second-order valence-corrected chi connectivity index (χ2v) is 10.6. The van der Waals surface area contributed by atoms with Crippen LogP contribution < -0.4 is 10.6 Å². The highest BCUT2D eigenvalue weighted by Gasteiger charge is 2.19. The van der Waals surface area contributed by atoms with E-state index in [0.717, 1.165) is 72.8 Å². The average molecular weight is 545 g/mol. The van der Waals surface area contributed by atoms with E-state index in [4.69, 9.17) is 4.98 Å². The Morgan fingerprint density at radius 2 is 1.48 bits per heavy atom. The van der Waals surface area contributed by atoms with E-state index >= 15 is 0 Å². The number of aromatic carboxylic acids is 1. The van der Waals surface area contributed by atoms with Gasteiger partial charge in [0.25, 0.3) is 0 Å². The smallest absolute Gasteiger partial charge is 0.336 e. The lowest BCUT2D eigenvalue weighted by molar-refractivity contribution is 0.0697. The van der Waals surface area contributed by atoms with E-state index in [2.05, 4.69) is 63.4 Å². The lowest BCUT2D eigenvalue weighted by atomic mass is 9.99. The van der Waals surface area contributed by atoms with Crippen LogP contribution in [-0.2, 0) is 6.54 Å². The molecule has 0 atom stereocenters. The first-order valence-corrected chi connectivity index (χ1v) is 13.7. The van der Waals surface area contributed by atoms with Crippen molar-refractivity contribution in [2.75, 3.05) is 65.0 Å². The fourth-order valence-electron chi connectivity index (χ4n) is 4.69. The van der Waals surface area contributed by atoms with E-state index in [1.165, 1.54) is 0 Å². The first-order chi connectivity index (χ1) is 19.2. The summed E-state index contributed by atoms with van der Waals surface area (Å²) in [5, 5.41) is 25.6. The predicted molar refractivity (Wildman–Crippen MR) is 161 cm³/mol. The molecule has 0 aliphatic rings. The molecule has 2 aromatic heterocycles. The number of carbonyl (C=O) groups is 1. The number of hydrogen-bond acceptors (Lipinski definition) is 8. The minimum atomic E-state index is -0.932. The summed E-state index contributed by atoms with van der Waals surface area (Å²) in [7, 11) is 8.27. The molecule has 0 aliphatic heterocycles. The highest BCUT2D eigenvalue weighted by Crippen LogP contribution is 2.29.